The molecule has 1 atom stereocenters. The molecule has 2 heterocycles. The van der Waals surface area contributed by atoms with Gasteiger partial charge in [-0.3, -0.25) is 30.0 Å². The van der Waals surface area contributed by atoms with Crippen LogP contribution in [0.3, 0.4) is 0 Å². The summed E-state index contributed by atoms with van der Waals surface area (Å²) in [5, 5.41) is 12.8. The number of amides is 2. The van der Waals surface area contributed by atoms with Crippen molar-refractivity contribution in [1.29, 1.82) is 0 Å². The van der Waals surface area contributed by atoms with Crippen LogP contribution in [0.4, 0.5) is 5.69 Å². The van der Waals surface area contributed by atoms with Crippen LogP contribution in [0.2, 0.25) is 0 Å². The third-order valence-corrected chi connectivity index (χ3v) is 3.32. The molecule has 8 nitrogen and oxygen atoms in total. The van der Waals surface area contributed by atoms with Crippen LogP contribution in [0.1, 0.15) is 12.2 Å². The van der Waals surface area contributed by atoms with Gasteiger partial charge in [-0.2, -0.15) is 0 Å². The van der Waals surface area contributed by atoms with Crippen molar-refractivity contribution in [2.45, 2.75) is 12.5 Å². The van der Waals surface area contributed by atoms with E-state index in [1.807, 2.05) is 0 Å². The van der Waals surface area contributed by atoms with Gasteiger partial charge in [0.05, 0.1) is 17.6 Å². The number of carbonyl (C=O) groups excluding carboxylic acids is 2. The molecule has 24 heavy (non-hydrogen) atoms. The van der Waals surface area contributed by atoms with E-state index in [1.165, 1.54) is 18.3 Å². The quantitative estimate of drug-likeness (QED) is 0.245. The van der Waals surface area contributed by atoms with Gasteiger partial charge in [-0.25, -0.2) is 0 Å². The standard InChI is InChI=1S/C15H11N3O5.Na/c19-14-7-12(15(20)17-14)16-8-11-5-6-13(23-11)9-1-3-10(4-2-9)18(21)22;/h1-6,8,12H,7H2,(H,17,19,20);/q;+1. The summed E-state index contributed by atoms with van der Waals surface area (Å²) in [6.45, 7) is 0. The zero-order valence-corrected chi connectivity index (χ0v) is 14.8. The third-order valence-electron chi connectivity index (χ3n) is 3.32. The van der Waals surface area contributed by atoms with Gasteiger partial charge in [-0.05, 0) is 24.3 Å². The van der Waals surface area contributed by atoms with Crippen molar-refractivity contribution in [2.24, 2.45) is 4.99 Å². The van der Waals surface area contributed by atoms with E-state index in [2.05, 4.69) is 10.3 Å². The predicted octanol–water partition coefficient (Wildman–Crippen LogP) is -1.31. The molecule has 1 aliphatic rings. The number of nitro benzene ring substituents is 1. The summed E-state index contributed by atoms with van der Waals surface area (Å²) >= 11 is 0. The van der Waals surface area contributed by atoms with Crippen molar-refractivity contribution in [2.75, 3.05) is 0 Å². The van der Waals surface area contributed by atoms with Gasteiger partial charge in [0.15, 0.2) is 0 Å². The minimum atomic E-state index is -0.726. The summed E-state index contributed by atoms with van der Waals surface area (Å²) in [5.41, 5.74) is 0.683. The Kier molecular flexibility index (Phi) is 5.66. The Morgan fingerprint density at radius 3 is 2.50 bits per heavy atom. The van der Waals surface area contributed by atoms with Crippen molar-refractivity contribution in [3.05, 3.63) is 52.3 Å². The Labute approximate surface area is 158 Å². The number of hydrogen-bond donors (Lipinski definition) is 1. The first-order chi connectivity index (χ1) is 11.0. The largest absolute Gasteiger partial charge is 1.00 e. The minimum Gasteiger partial charge on any atom is -0.455 e. The number of carbonyl (C=O) groups is 2. The first-order valence-electron chi connectivity index (χ1n) is 6.74. The number of non-ortho nitro benzene ring substituents is 1. The number of imide groups is 1. The maximum atomic E-state index is 11.4. The molecule has 9 heteroatoms. The minimum absolute atomic E-state index is 0. The number of nitrogens with one attached hydrogen (secondary N) is 1. The first kappa shape index (κ1) is 18.1. The number of aliphatic imine (C=N–C) groups is 1. The van der Waals surface area contributed by atoms with Crippen molar-refractivity contribution in [1.82, 2.24) is 5.32 Å². The second-order valence-corrected chi connectivity index (χ2v) is 4.92. The number of furan rings is 1. The van der Waals surface area contributed by atoms with Crippen LogP contribution < -0.4 is 34.9 Å². The molecule has 0 bridgehead atoms. The molecule has 0 aliphatic carbocycles. The Hall–Kier alpha value is -2.29. The summed E-state index contributed by atoms with van der Waals surface area (Å²) < 4.78 is 5.56. The maximum Gasteiger partial charge on any atom is 1.00 e. The van der Waals surface area contributed by atoms with Gasteiger partial charge >= 0.3 is 29.6 Å². The van der Waals surface area contributed by atoms with Gasteiger partial charge < -0.3 is 4.42 Å². The van der Waals surface area contributed by atoms with Crippen LogP contribution in [0.25, 0.3) is 11.3 Å². The Balaban J connectivity index is 0.00000208. The van der Waals surface area contributed by atoms with Crippen molar-refractivity contribution >= 4 is 23.7 Å². The normalized spacial score (nSPS) is 16.9. The van der Waals surface area contributed by atoms with E-state index in [0.29, 0.717) is 17.1 Å². The van der Waals surface area contributed by atoms with E-state index in [4.69, 9.17) is 4.42 Å². The Morgan fingerprint density at radius 1 is 1.21 bits per heavy atom. The third kappa shape index (κ3) is 3.97. The molecule has 1 N–H and O–H groups in total. The average molecular weight is 336 g/mol. The van der Waals surface area contributed by atoms with Crippen LogP contribution in [-0.4, -0.2) is 29.0 Å². The van der Waals surface area contributed by atoms with Crippen LogP contribution in [0, 0.1) is 10.1 Å². The first-order valence-corrected chi connectivity index (χ1v) is 6.74. The molecule has 1 unspecified atom stereocenters. The van der Waals surface area contributed by atoms with Crippen molar-refractivity contribution in [3.63, 3.8) is 0 Å². The van der Waals surface area contributed by atoms with E-state index >= 15 is 0 Å². The molecule has 0 saturated carbocycles. The second kappa shape index (κ2) is 7.52. The molecule has 116 valence electrons. The van der Waals surface area contributed by atoms with Gasteiger partial charge in [0.2, 0.25) is 5.91 Å². The fraction of sp³-hybridized carbons (Fsp3) is 0.133. The predicted molar refractivity (Wildman–Crippen MR) is 79.9 cm³/mol. The Morgan fingerprint density at radius 2 is 1.92 bits per heavy atom. The fourth-order valence-corrected chi connectivity index (χ4v) is 2.15. The number of nitrogens with zero attached hydrogens (tertiary/aromatic N) is 2. The molecule has 1 saturated heterocycles. The second-order valence-electron chi connectivity index (χ2n) is 4.92. The van der Waals surface area contributed by atoms with E-state index in [-0.39, 0.29) is 47.6 Å². The summed E-state index contributed by atoms with van der Waals surface area (Å²) in [5.74, 6) is 0.176. The van der Waals surface area contributed by atoms with Gasteiger partial charge in [0.1, 0.15) is 17.6 Å². The maximum absolute atomic E-state index is 11.4. The van der Waals surface area contributed by atoms with Crippen LogP contribution in [0.15, 0.2) is 45.8 Å². The molecule has 0 radical (unpaired) electrons. The van der Waals surface area contributed by atoms with Gasteiger partial charge in [0, 0.05) is 17.7 Å². The molecular formula is C15H11N3NaO5+. The molecule has 1 aromatic carbocycles. The number of nitro groups is 1. The molecule has 3 rings (SSSR count). The van der Waals surface area contributed by atoms with Crippen molar-refractivity contribution < 1.29 is 48.5 Å². The Bertz CT molecular complexity index is 813. The van der Waals surface area contributed by atoms with E-state index < -0.39 is 16.9 Å². The number of rotatable bonds is 4. The van der Waals surface area contributed by atoms with E-state index in [1.54, 1.807) is 24.3 Å². The summed E-state index contributed by atoms with van der Waals surface area (Å²) in [6, 6.07) is 8.58. The van der Waals surface area contributed by atoms with Crippen LogP contribution >= 0.6 is 0 Å². The number of hydrogen-bond acceptors (Lipinski definition) is 6. The van der Waals surface area contributed by atoms with Crippen LogP contribution in [-0.2, 0) is 9.59 Å². The molecule has 1 aromatic heterocycles. The molecule has 1 fully saturated rings. The molecular weight excluding hydrogens is 325 g/mol. The summed E-state index contributed by atoms with van der Waals surface area (Å²) in [6.07, 6.45) is 1.42. The molecule has 0 spiro atoms. The monoisotopic (exact) mass is 336 g/mol. The zero-order valence-electron chi connectivity index (χ0n) is 12.8. The van der Waals surface area contributed by atoms with Gasteiger partial charge in [-0.1, -0.05) is 0 Å². The van der Waals surface area contributed by atoms with Gasteiger partial charge in [-0.15, -0.1) is 0 Å². The van der Waals surface area contributed by atoms with E-state index in [0.717, 1.165) is 0 Å². The molecule has 2 aromatic rings. The van der Waals surface area contributed by atoms with Crippen molar-refractivity contribution in [3.8, 4) is 11.3 Å². The zero-order chi connectivity index (χ0) is 16.4. The smallest absolute Gasteiger partial charge is 0.455 e. The topological polar surface area (TPSA) is 115 Å². The van der Waals surface area contributed by atoms with E-state index in [9.17, 15) is 19.7 Å². The molecule has 1 aliphatic heterocycles. The average Bonchev–Trinajstić information content (AvgIpc) is 3.11. The van der Waals surface area contributed by atoms with Gasteiger partial charge in [0.25, 0.3) is 11.6 Å². The number of benzene rings is 1. The summed E-state index contributed by atoms with van der Waals surface area (Å²) in [4.78, 5) is 36.6. The molecule has 2 amide bonds. The SMILES string of the molecule is O=C1CC(N=Cc2ccc(-c3ccc([N+](=O)[O-])cc3)o2)C(=O)N1.[Na+]. The summed E-state index contributed by atoms with van der Waals surface area (Å²) in [7, 11) is 0. The van der Waals surface area contributed by atoms with Crippen LogP contribution in [0.5, 0.6) is 0 Å². The fourth-order valence-electron chi connectivity index (χ4n) is 2.15.